The number of carbonyl (C=O) groups is 2. The molecule has 0 bridgehead atoms. The molecule has 1 aromatic heterocycles. The van der Waals surface area contributed by atoms with Crippen LogP contribution in [-0.2, 0) is 16.0 Å². The van der Waals surface area contributed by atoms with Crippen LogP contribution in [0.2, 0.25) is 0 Å². The predicted octanol–water partition coefficient (Wildman–Crippen LogP) is 4.04. The van der Waals surface area contributed by atoms with E-state index in [0.29, 0.717) is 13.1 Å². The zero-order valence-corrected chi connectivity index (χ0v) is 16.9. The Morgan fingerprint density at radius 3 is 2.66 bits per heavy atom. The Bertz CT molecular complexity index is 978. The van der Waals surface area contributed by atoms with Gasteiger partial charge in [-0.05, 0) is 31.0 Å². The van der Waals surface area contributed by atoms with E-state index in [0.717, 1.165) is 23.2 Å². The highest BCUT2D eigenvalue weighted by atomic mass is 16.3. The lowest BCUT2D eigenvalue weighted by Gasteiger charge is -2.26. The topological polar surface area (TPSA) is 53.8 Å². The van der Waals surface area contributed by atoms with Gasteiger partial charge in [-0.1, -0.05) is 48.5 Å². The number of para-hydroxylation sites is 1. The third kappa shape index (κ3) is 4.04. The van der Waals surface area contributed by atoms with Gasteiger partial charge < -0.3 is 14.2 Å². The lowest BCUT2D eigenvalue weighted by atomic mass is 10.1. The Kier molecular flexibility index (Phi) is 5.38. The first-order chi connectivity index (χ1) is 14.0. The van der Waals surface area contributed by atoms with E-state index in [1.807, 2.05) is 60.4 Å². The maximum Gasteiger partial charge on any atom is 0.228 e. The van der Waals surface area contributed by atoms with Crippen molar-refractivity contribution in [3.05, 3.63) is 72.0 Å². The van der Waals surface area contributed by atoms with E-state index in [1.165, 1.54) is 5.56 Å². The highest BCUT2D eigenvalue weighted by Crippen LogP contribution is 2.29. The minimum absolute atomic E-state index is 0.00600. The van der Waals surface area contributed by atoms with Gasteiger partial charge in [0.25, 0.3) is 0 Å². The summed E-state index contributed by atoms with van der Waals surface area (Å²) >= 11 is 0. The molecule has 0 spiro atoms. The molecule has 2 unspecified atom stereocenters. The summed E-state index contributed by atoms with van der Waals surface area (Å²) in [7, 11) is 1.79. The minimum atomic E-state index is -0.296. The van der Waals surface area contributed by atoms with Gasteiger partial charge in [0, 0.05) is 31.9 Å². The fraction of sp³-hybridized carbons (Fsp3) is 0.333. The Labute approximate surface area is 170 Å². The van der Waals surface area contributed by atoms with Crippen molar-refractivity contribution < 1.29 is 14.0 Å². The first-order valence-electron chi connectivity index (χ1n) is 10.1. The van der Waals surface area contributed by atoms with Crippen LogP contribution in [0.5, 0.6) is 0 Å². The maximum absolute atomic E-state index is 13.0. The molecule has 2 amide bonds. The summed E-state index contributed by atoms with van der Waals surface area (Å²) in [5.74, 6) is 0.514. The van der Waals surface area contributed by atoms with Gasteiger partial charge >= 0.3 is 0 Å². The first kappa shape index (κ1) is 19.2. The zero-order valence-electron chi connectivity index (χ0n) is 16.9. The summed E-state index contributed by atoms with van der Waals surface area (Å²) in [4.78, 5) is 29.0. The molecule has 2 aromatic carbocycles. The molecule has 0 N–H and O–H groups in total. The van der Waals surface area contributed by atoms with Crippen LogP contribution in [0, 0.1) is 5.92 Å². The van der Waals surface area contributed by atoms with Gasteiger partial charge in [0.05, 0.1) is 12.0 Å². The standard InChI is InChI=1S/C24H26N2O3/c1-17(22-14-19-10-6-7-11-21(19)29-22)25(2)24(28)20-15-23(27)26(16-20)13-12-18-8-4-3-5-9-18/h3-11,14,17,20H,12-13,15-16H2,1-2H3. The fourth-order valence-electron chi connectivity index (χ4n) is 3.94. The molecule has 1 saturated heterocycles. The van der Waals surface area contributed by atoms with Crippen LogP contribution in [-0.4, -0.2) is 41.8 Å². The first-order valence-corrected chi connectivity index (χ1v) is 10.1. The number of fused-ring (bicyclic) bond motifs is 1. The average molecular weight is 390 g/mol. The van der Waals surface area contributed by atoms with Crippen molar-refractivity contribution in [1.29, 1.82) is 0 Å². The molecule has 29 heavy (non-hydrogen) atoms. The lowest BCUT2D eigenvalue weighted by molar-refractivity contribution is -0.136. The van der Waals surface area contributed by atoms with Gasteiger partial charge in [0.2, 0.25) is 11.8 Å². The number of likely N-dealkylation sites (tertiary alicyclic amines) is 1. The third-order valence-electron chi connectivity index (χ3n) is 5.86. The molecule has 0 aliphatic carbocycles. The van der Waals surface area contributed by atoms with E-state index >= 15 is 0 Å². The van der Waals surface area contributed by atoms with E-state index in [4.69, 9.17) is 4.42 Å². The fourth-order valence-corrected chi connectivity index (χ4v) is 3.94. The molecule has 2 heterocycles. The molecule has 3 aromatic rings. The van der Waals surface area contributed by atoms with Crippen molar-refractivity contribution >= 4 is 22.8 Å². The monoisotopic (exact) mass is 390 g/mol. The largest absolute Gasteiger partial charge is 0.459 e. The molecular weight excluding hydrogens is 364 g/mol. The van der Waals surface area contributed by atoms with Gasteiger partial charge in [0.15, 0.2) is 0 Å². The molecule has 0 radical (unpaired) electrons. The van der Waals surface area contributed by atoms with E-state index in [-0.39, 0.29) is 30.2 Å². The van der Waals surface area contributed by atoms with Crippen LogP contribution >= 0.6 is 0 Å². The quantitative estimate of drug-likeness (QED) is 0.638. The zero-order chi connectivity index (χ0) is 20.4. The predicted molar refractivity (Wildman–Crippen MR) is 112 cm³/mol. The Balaban J connectivity index is 1.38. The van der Waals surface area contributed by atoms with E-state index in [1.54, 1.807) is 11.9 Å². The second kappa shape index (κ2) is 8.11. The van der Waals surface area contributed by atoms with Crippen molar-refractivity contribution in [2.75, 3.05) is 20.1 Å². The van der Waals surface area contributed by atoms with Crippen LogP contribution in [0.4, 0.5) is 0 Å². The van der Waals surface area contributed by atoms with Crippen LogP contribution in [0.25, 0.3) is 11.0 Å². The molecular formula is C24H26N2O3. The van der Waals surface area contributed by atoms with Crippen LogP contribution in [0.1, 0.15) is 30.7 Å². The number of hydrogen-bond donors (Lipinski definition) is 0. The number of hydrogen-bond acceptors (Lipinski definition) is 3. The van der Waals surface area contributed by atoms with E-state index in [9.17, 15) is 9.59 Å². The summed E-state index contributed by atoms with van der Waals surface area (Å²) in [6, 6.07) is 19.7. The third-order valence-corrected chi connectivity index (χ3v) is 5.86. The Hall–Kier alpha value is -3.08. The van der Waals surface area contributed by atoms with Crippen LogP contribution in [0.15, 0.2) is 65.1 Å². The Morgan fingerprint density at radius 2 is 1.90 bits per heavy atom. The SMILES string of the molecule is CC(c1cc2ccccc2o1)N(C)C(=O)C1CC(=O)N(CCc2ccccc2)C1. The van der Waals surface area contributed by atoms with Crippen molar-refractivity contribution in [2.45, 2.75) is 25.8 Å². The van der Waals surface area contributed by atoms with Gasteiger partial charge in [-0.15, -0.1) is 0 Å². The summed E-state index contributed by atoms with van der Waals surface area (Å²) < 4.78 is 5.92. The second-order valence-corrected chi connectivity index (χ2v) is 7.79. The number of benzene rings is 2. The minimum Gasteiger partial charge on any atom is -0.459 e. The van der Waals surface area contributed by atoms with E-state index < -0.39 is 0 Å². The molecule has 1 aliphatic heterocycles. The summed E-state index contributed by atoms with van der Waals surface area (Å²) in [5, 5.41) is 1.03. The number of nitrogens with zero attached hydrogens (tertiary/aromatic N) is 2. The summed E-state index contributed by atoms with van der Waals surface area (Å²) in [6.45, 7) is 3.09. The maximum atomic E-state index is 13.0. The number of rotatable bonds is 6. The van der Waals surface area contributed by atoms with Gasteiger partial charge in [-0.3, -0.25) is 9.59 Å². The Morgan fingerprint density at radius 1 is 1.17 bits per heavy atom. The van der Waals surface area contributed by atoms with Gasteiger partial charge in [-0.2, -0.15) is 0 Å². The molecule has 5 heteroatoms. The van der Waals surface area contributed by atoms with Gasteiger partial charge in [0.1, 0.15) is 11.3 Å². The van der Waals surface area contributed by atoms with Crippen molar-refractivity contribution in [3.63, 3.8) is 0 Å². The smallest absolute Gasteiger partial charge is 0.228 e. The van der Waals surface area contributed by atoms with Crippen molar-refractivity contribution in [2.24, 2.45) is 5.92 Å². The summed E-state index contributed by atoms with van der Waals surface area (Å²) in [5.41, 5.74) is 2.02. The summed E-state index contributed by atoms with van der Waals surface area (Å²) in [6.07, 6.45) is 1.09. The molecule has 2 atom stereocenters. The average Bonchev–Trinajstić information content (AvgIpc) is 3.34. The lowest BCUT2D eigenvalue weighted by Crippen LogP contribution is -2.36. The highest BCUT2D eigenvalue weighted by Gasteiger charge is 2.37. The molecule has 150 valence electrons. The highest BCUT2D eigenvalue weighted by molar-refractivity contribution is 5.89. The van der Waals surface area contributed by atoms with Crippen molar-refractivity contribution in [1.82, 2.24) is 9.80 Å². The van der Waals surface area contributed by atoms with E-state index in [2.05, 4.69) is 12.1 Å². The van der Waals surface area contributed by atoms with Crippen LogP contribution in [0.3, 0.4) is 0 Å². The second-order valence-electron chi connectivity index (χ2n) is 7.79. The normalized spacial score (nSPS) is 17.7. The number of carbonyl (C=O) groups excluding carboxylic acids is 2. The molecule has 0 saturated carbocycles. The van der Waals surface area contributed by atoms with Gasteiger partial charge in [-0.25, -0.2) is 0 Å². The van der Waals surface area contributed by atoms with Crippen LogP contribution < -0.4 is 0 Å². The number of furan rings is 1. The number of amides is 2. The molecule has 5 nitrogen and oxygen atoms in total. The molecule has 1 aliphatic rings. The molecule has 4 rings (SSSR count). The van der Waals surface area contributed by atoms with Crippen molar-refractivity contribution in [3.8, 4) is 0 Å². The molecule has 1 fully saturated rings.